The van der Waals surface area contributed by atoms with Gasteiger partial charge in [-0.1, -0.05) is 24.3 Å². The summed E-state index contributed by atoms with van der Waals surface area (Å²) in [5.74, 6) is 0.142. The summed E-state index contributed by atoms with van der Waals surface area (Å²) >= 11 is 0. The Hall–Kier alpha value is -1.40. The molecule has 0 atom stereocenters. The van der Waals surface area contributed by atoms with Crippen LogP contribution >= 0.6 is 0 Å². The van der Waals surface area contributed by atoms with E-state index in [0.29, 0.717) is 32.4 Å². The molecule has 1 N–H and O–H groups in total. The molecule has 1 aliphatic heterocycles. The van der Waals surface area contributed by atoms with Crippen molar-refractivity contribution in [2.45, 2.75) is 39.2 Å². The lowest BCUT2D eigenvalue weighted by Gasteiger charge is -2.31. The van der Waals surface area contributed by atoms with E-state index in [4.69, 9.17) is 0 Å². The van der Waals surface area contributed by atoms with Gasteiger partial charge in [0.1, 0.15) is 0 Å². The van der Waals surface area contributed by atoms with Crippen LogP contribution in [0.4, 0.5) is 0 Å². The summed E-state index contributed by atoms with van der Waals surface area (Å²) in [7, 11) is -3.11. The number of piperidine rings is 1. The van der Waals surface area contributed by atoms with Crippen molar-refractivity contribution in [1.29, 1.82) is 0 Å². The zero-order chi connectivity index (χ0) is 16.2. The average Bonchev–Trinajstić information content (AvgIpc) is 2.50. The minimum Gasteiger partial charge on any atom is -0.353 e. The van der Waals surface area contributed by atoms with Gasteiger partial charge in [-0.15, -0.1) is 0 Å². The van der Waals surface area contributed by atoms with Gasteiger partial charge in [0.15, 0.2) is 0 Å². The van der Waals surface area contributed by atoms with Gasteiger partial charge < -0.3 is 5.32 Å². The summed E-state index contributed by atoms with van der Waals surface area (Å²) in [6, 6.07) is 7.92. The Balaban J connectivity index is 1.84. The Labute approximate surface area is 132 Å². The number of amides is 1. The fraction of sp³-hybridized carbons (Fsp3) is 0.562. The molecule has 1 aliphatic rings. The number of rotatable bonds is 5. The molecule has 1 amide bonds. The molecule has 0 unspecified atom stereocenters. The van der Waals surface area contributed by atoms with E-state index in [0.717, 1.165) is 11.1 Å². The first-order valence-electron chi connectivity index (χ1n) is 7.74. The standard InChI is InChI=1S/C16H24N2O3S/c1-3-22(20,21)18-10-8-15(9-11-18)17-16(19)12-14-7-5-4-6-13(14)2/h4-7,15H,3,8-12H2,1-2H3,(H,17,19). The predicted octanol–water partition coefficient (Wildman–Crippen LogP) is 1.47. The van der Waals surface area contributed by atoms with E-state index in [1.165, 1.54) is 4.31 Å². The highest BCUT2D eigenvalue weighted by atomic mass is 32.2. The summed E-state index contributed by atoms with van der Waals surface area (Å²) in [6.07, 6.45) is 1.73. The maximum atomic E-state index is 12.1. The number of hydrogen-bond donors (Lipinski definition) is 1. The number of sulfonamides is 1. The van der Waals surface area contributed by atoms with E-state index in [-0.39, 0.29) is 17.7 Å². The van der Waals surface area contributed by atoms with Gasteiger partial charge >= 0.3 is 0 Å². The van der Waals surface area contributed by atoms with Crippen LogP contribution in [0.5, 0.6) is 0 Å². The molecule has 1 aromatic carbocycles. The Morgan fingerprint density at radius 1 is 1.27 bits per heavy atom. The van der Waals surface area contributed by atoms with Crippen LogP contribution in [-0.2, 0) is 21.2 Å². The van der Waals surface area contributed by atoms with Crippen molar-refractivity contribution in [1.82, 2.24) is 9.62 Å². The van der Waals surface area contributed by atoms with Crippen LogP contribution in [0.15, 0.2) is 24.3 Å². The monoisotopic (exact) mass is 324 g/mol. The van der Waals surface area contributed by atoms with Gasteiger partial charge in [-0.3, -0.25) is 4.79 Å². The van der Waals surface area contributed by atoms with Crippen LogP contribution in [0, 0.1) is 6.92 Å². The number of carbonyl (C=O) groups is 1. The van der Waals surface area contributed by atoms with E-state index in [1.54, 1.807) is 6.92 Å². The largest absolute Gasteiger partial charge is 0.353 e. The van der Waals surface area contributed by atoms with E-state index < -0.39 is 10.0 Å². The third-order valence-corrected chi connectivity index (χ3v) is 6.07. The van der Waals surface area contributed by atoms with Gasteiger partial charge in [0.25, 0.3) is 0 Å². The minimum atomic E-state index is -3.11. The number of hydrogen-bond acceptors (Lipinski definition) is 3. The third kappa shape index (κ3) is 4.30. The zero-order valence-corrected chi connectivity index (χ0v) is 14.0. The van der Waals surface area contributed by atoms with E-state index in [9.17, 15) is 13.2 Å². The Bertz CT molecular complexity index is 620. The molecule has 122 valence electrons. The summed E-state index contributed by atoms with van der Waals surface area (Å²) in [4.78, 5) is 12.1. The molecule has 1 saturated heterocycles. The van der Waals surface area contributed by atoms with Gasteiger partial charge in [-0.05, 0) is 37.8 Å². The van der Waals surface area contributed by atoms with Crippen LogP contribution in [0.3, 0.4) is 0 Å². The second-order valence-electron chi connectivity index (χ2n) is 5.74. The van der Waals surface area contributed by atoms with Crippen molar-refractivity contribution in [3.63, 3.8) is 0 Å². The normalized spacial score (nSPS) is 17.4. The first kappa shape index (κ1) is 17.0. The molecule has 5 nitrogen and oxygen atoms in total. The van der Waals surface area contributed by atoms with Crippen molar-refractivity contribution in [2.75, 3.05) is 18.8 Å². The molecule has 0 saturated carbocycles. The number of carbonyl (C=O) groups excluding carboxylic acids is 1. The molecule has 0 spiro atoms. The first-order valence-corrected chi connectivity index (χ1v) is 9.35. The van der Waals surface area contributed by atoms with Crippen molar-refractivity contribution < 1.29 is 13.2 Å². The molecule has 0 aromatic heterocycles. The number of aryl methyl sites for hydroxylation is 1. The predicted molar refractivity (Wildman–Crippen MR) is 87.1 cm³/mol. The maximum Gasteiger partial charge on any atom is 0.224 e. The fourth-order valence-electron chi connectivity index (χ4n) is 2.72. The van der Waals surface area contributed by atoms with Crippen molar-refractivity contribution in [2.24, 2.45) is 0 Å². The lowest BCUT2D eigenvalue weighted by molar-refractivity contribution is -0.121. The quantitative estimate of drug-likeness (QED) is 0.892. The van der Waals surface area contributed by atoms with Crippen molar-refractivity contribution in [3.8, 4) is 0 Å². The first-order chi connectivity index (χ1) is 10.4. The molecule has 0 radical (unpaired) electrons. The van der Waals surface area contributed by atoms with Crippen molar-refractivity contribution in [3.05, 3.63) is 35.4 Å². The second-order valence-corrected chi connectivity index (χ2v) is 8.00. The Morgan fingerprint density at radius 2 is 1.91 bits per heavy atom. The van der Waals surface area contributed by atoms with Gasteiger partial charge in [0, 0.05) is 19.1 Å². The summed E-state index contributed by atoms with van der Waals surface area (Å²) in [6.45, 7) is 4.64. The lowest BCUT2D eigenvalue weighted by atomic mass is 10.0. The SMILES string of the molecule is CCS(=O)(=O)N1CCC(NC(=O)Cc2ccccc2C)CC1. The van der Waals surface area contributed by atoms with E-state index in [1.807, 2.05) is 31.2 Å². The molecule has 1 fully saturated rings. The van der Waals surface area contributed by atoms with Gasteiger partial charge in [0.05, 0.1) is 12.2 Å². The third-order valence-electron chi connectivity index (χ3n) is 4.19. The van der Waals surface area contributed by atoms with Crippen LogP contribution in [0.1, 0.15) is 30.9 Å². The second kappa shape index (κ2) is 7.24. The molecule has 1 aromatic rings. The molecule has 2 rings (SSSR count). The smallest absolute Gasteiger partial charge is 0.224 e. The fourth-order valence-corrected chi connectivity index (χ4v) is 3.85. The van der Waals surface area contributed by atoms with Crippen LogP contribution < -0.4 is 5.32 Å². The summed E-state index contributed by atoms with van der Waals surface area (Å²) < 4.78 is 25.1. The average molecular weight is 324 g/mol. The molecular weight excluding hydrogens is 300 g/mol. The topological polar surface area (TPSA) is 66.5 Å². The van der Waals surface area contributed by atoms with E-state index in [2.05, 4.69) is 5.32 Å². The molecule has 22 heavy (non-hydrogen) atoms. The number of nitrogens with one attached hydrogen (secondary N) is 1. The number of benzene rings is 1. The highest BCUT2D eigenvalue weighted by Crippen LogP contribution is 2.15. The Morgan fingerprint density at radius 3 is 2.50 bits per heavy atom. The molecule has 6 heteroatoms. The maximum absolute atomic E-state index is 12.1. The van der Waals surface area contributed by atoms with Crippen LogP contribution in [-0.4, -0.2) is 43.5 Å². The molecule has 0 aliphatic carbocycles. The minimum absolute atomic E-state index is 0.00565. The van der Waals surface area contributed by atoms with Crippen LogP contribution in [0.25, 0.3) is 0 Å². The zero-order valence-electron chi connectivity index (χ0n) is 13.2. The van der Waals surface area contributed by atoms with Gasteiger partial charge in [-0.25, -0.2) is 12.7 Å². The molecule has 1 heterocycles. The Kier molecular flexibility index (Phi) is 5.58. The highest BCUT2D eigenvalue weighted by molar-refractivity contribution is 7.89. The lowest BCUT2D eigenvalue weighted by Crippen LogP contribution is -2.47. The van der Waals surface area contributed by atoms with E-state index >= 15 is 0 Å². The highest BCUT2D eigenvalue weighted by Gasteiger charge is 2.27. The van der Waals surface area contributed by atoms with Crippen LogP contribution in [0.2, 0.25) is 0 Å². The van der Waals surface area contributed by atoms with Crippen molar-refractivity contribution >= 4 is 15.9 Å². The summed E-state index contributed by atoms with van der Waals surface area (Å²) in [5.41, 5.74) is 2.15. The molecule has 0 bridgehead atoms. The number of nitrogens with zero attached hydrogens (tertiary/aromatic N) is 1. The van der Waals surface area contributed by atoms with Gasteiger partial charge in [0.2, 0.25) is 15.9 Å². The van der Waals surface area contributed by atoms with Gasteiger partial charge in [-0.2, -0.15) is 0 Å². The molecular formula is C16H24N2O3S. The summed E-state index contributed by atoms with van der Waals surface area (Å²) in [5, 5.41) is 3.02.